The van der Waals surface area contributed by atoms with Crippen molar-refractivity contribution in [2.75, 3.05) is 6.54 Å². The average Bonchev–Trinajstić information content (AvgIpc) is 2.85. The molecule has 0 radical (unpaired) electrons. The van der Waals surface area contributed by atoms with Crippen LogP contribution in [-0.2, 0) is 4.79 Å². The number of carbonyl (C=O) groups excluding carboxylic acids is 1. The Kier molecular flexibility index (Phi) is 4.34. The monoisotopic (exact) mass is 360 g/mol. The van der Waals surface area contributed by atoms with Crippen LogP contribution in [0.25, 0.3) is 0 Å². The van der Waals surface area contributed by atoms with E-state index in [-0.39, 0.29) is 16.6 Å². The number of halogens is 2. The normalized spacial score (nSPS) is 22.1. The fraction of sp³-hybridized carbons (Fsp3) is 0.462. The lowest BCUT2D eigenvalue weighted by molar-refractivity contribution is -0.148. The van der Waals surface area contributed by atoms with Crippen molar-refractivity contribution in [2.24, 2.45) is 0 Å². The molecule has 2 heterocycles. The van der Waals surface area contributed by atoms with Crippen LogP contribution < -0.4 is 0 Å². The van der Waals surface area contributed by atoms with E-state index in [2.05, 4.69) is 20.9 Å². The van der Waals surface area contributed by atoms with Crippen molar-refractivity contribution in [1.29, 1.82) is 0 Å². The standard InChI is InChI=1S/C13H14BrClN2O3/c1-2-13(12(19)20)4-3-5-17(13)11(18)9-6-8(14)7-16-10(9)15/h6-7H,2-5H2,1H3,(H,19,20). The Morgan fingerprint density at radius 3 is 2.90 bits per heavy atom. The number of carboxylic acid groups (broad SMARTS) is 1. The molecule has 0 spiro atoms. The quantitative estimate of drug-likeness (QED) is 0.840. The molecule has 1 aromatic heterocycles. The number of aromatic nitrogens is 1. The van der Waals surface area contributed by atoms with Gasteiger partial charge in [0.15, 0.2) is 0 Å². The van der Waals surface area contributed by atoms with Crippen LogP contribution in [-0.4, -0.2) is 39.0 Å². The van der Waals surface area contributed by atoms with Gasteiger partial charge >= 0.3 is 5.97 Å². The number of hydrogen-bond donors (Lipinski definition) is 1. The van der Waals surface area contributed by atoms with Gasteiger partial charge in [-0.25, -0.2) is 9.78 Å². The highest BCUT2D eigenvalue weighted by Gasteiger charge is 2.49. The Morgan fingerprint density at radius 2 is 2.30 bits per heavy atom. The van der Waals surface area contributed by atoms with Crippen molar-refractivity contribution in [3.8, 4) is 0 Å². The van der Waals surface area contributed by atoms with Crippen molar-refractivity contribution < 1.29 is 14.7 Å². The van der Waals surface area contributed by atoms with Crippen LogP contribution in [0.15, 0.2) is 16.7 Å². The molecule has 5 nitrogen and oxygen atoms in total. The first-order chi connectivity index (χ1) is 9.42. The van der Waals surface area contributed by atoms with Gasteiger partial charge in [-0.1, -0.05) is 18.5 Å². The highest BCUT2D eigenvalue weighted by molar-refractivity contribution is 9.10. The Hall–Kier alpha value is -1.14. The zero-order valence-electron chi connectivity index (χ0n) is 10.9. The third kappa shape index (κ3) is 2.42. The van der Waals surface area contributed by atoms with Crippen molar-refractivity contribution in [3.63, 3.8) is 0 Å². The maximum atomic E-state index is 12.6. The lowest BCUT2D eigenvalue weighted by atomic mass is 9.92. The molecule has 1 unspecified atom stereocenters. The smallest absolute Gasteiger partial charge is 0.329 e. The second-order valence-corrected chi connectivity index (χ2v) is 6.02. The number of hydrogen-bond acceptors (Lipinski definition) is 3. The summed E-state index contributed by atoms with van der Waals surface area (Å²) in [5, 5.41) is 9.59. The van der Waals surface area contributed by atoms with E-state index in [0.717, 1.165) is 0 Å². The first-order valence-corrected chi connectivity index (χ1v) is 7.46. The molecule has 0 bridgehead atoms. The van der Waals surface area contributed by atoms with E-state index in [0.29, 0.717) is 30.3 Å². The van der Waals surface area contributed by atoms with E-state index in [1.807, 2.05) is 0 Å². The average molecular weight is 362 g/mol. The van der Waals surface area contributed by atoms with Gasteiger partial charge in [0, 0.05) is 17.2 Å². The lowest BCUT2D eigenvalue weighted by Gasteiger charge is -2.34. The highest BCUT2D eigenvalue weighted by atomic mass is 79.9. The largest absolute Gasteiger partial charge is 0.479 e. The molecule has 1 aliphatic heterocycles. The van der Waals surface area contributed by atoms with Gasteiger partial charge in [-0.3, -0.25) is 4.79 Å². The van der Waals surface area contributed by atoms with Crippen LogP contribution in [0.1, 0.15) is 36.5 Å². The molecule has 1 N–H and O–H groups in total. The summed E-state index contributed by atoms with van der Waals surface area (Å²) in [6.45, 7) is 2.20. The minimum absolute atomic E-state index is 0.0838. The van der Waals surface area contributed by atoms with Gasteiger partial charge in [-0.2, -0.15) is 0 Å². The fourth-order valence-electron chi connectivity index (χ4n) is 2.63. The van der Waals surface area contributed by atoms with E-state index in [9.17, 15) is 14.7 Å². The van der Waals surface area contributed by atoms with Crippen LogP contribution in [0.3, 0.4) is 0 Å². The van der Waals surface area contributed by atoms with Gasteiger partial charge in [0.2, 0.25) is 0 Å². The second-order valence-electron chi connectivity index (χ2n) is 4.74. The fourth-order valence-corrected chi connectivity index (χ4v) is 3.15. The van der Waals surface area contributed by atoms with Gasteiger partial charge in [0.25, 0.3) is 5.91 Å². The summed E-state index contributed by atoms with van der Waals surface area (Å²) < 4.78 is 0.627. The molecule has 0 aromatic carbocycles. The number of aliphatic carboxylic acids is 1. The van der Waals surface area contributed by atoms with Gasteiger partial charge in [0.05, 0.1) is 5.56 Å². The van der Waals surface area contributed by atoms with Crippen LogP contribution in [0.4, 0.5) is 0 Å². The van der Waals surface area contributed by atoms with Crippen molar-refractivity contribution in [1.82, 2.24) is 9.88 Å². The van der Waals surface area contributed by atoms with Crippen LogP contribution in [0, 0.1) is 0 Å². The predicted molar refractivity (Wildman–Crippen MR) is 77.9 cm³/mol. The third-order valence-electron chi connectivity index (χ3n) is 3.75. The minimum Gasteiger partial charge on any atom is -0.479 e. The molecule has 7 heteroatoms. The van der Waals surface area contributed by atoms with Gasteiger partial charge < -0.3 is 10.0 Å². The van der Waals surface area contributed by atoms with E-state index in [4.69, 9.17) is 11.6 Å². The molecule has 0 aliphatic carbocycles. The topological polar surface area (TPSA) is 70.5 Å². The Balaban J connectivity index is 2.42. The summed E-state index contributed by atoms with van der Waals surface area (Å²) in [5.74, 6) is -1.35. The molecular weight excluding hydrogens is 348 g/mol. The summed E-state index contributed by atoms with van der Waals surface area (Å²) in [4.78, 5) is 29.5. The third-order valence-corrected chi connectivity index (χ3v) is 4.49. The van der Waals surface area contributed by atoms with E-state index in [1.54, 1.807) is 13.0 Å². The maximum absolute atomic E-state index is 12.6. The highest BCUT2D eigenvalue weighted by Crippen LogP contribution is 2.35. The summed E-state index contributed by atoms with van der Waals surface area (Å²) in [7, 11) is 0. The van der Waals surface area contributed by atoms with Gasteiger partial charge in [-0.05, 0) is 41.3 Å². The molecule has 1 atom stereocenters. The zero-order chi connectivity index (χ0) is 14.9. The van der Waals surface area contributed by atoms with E-state index < -0.39 is 11.5 Å². The lowest BCUT2D eigenvalue weighted by Crippen LogP contribution is -2.52. The van der Waals surface area contributed by atoms with Crippen LogP contribution in [0.2, 0.25) is 5.15 Å². The van der Waals surface area contributed by atoms with Crippen molar-refractivity contribution >= 4 is 39.4 Å². The summed E-state index contributed by atoms with van der Waals surface area (Å²) in [5.41, 5.74) is -0.912. The first kappa shape index (κ1) is 15.3. The predicted octanol–water partition coefficient (Wildman–Crippen LogP) is 2.97. The SMILES string of the molecule is CCC1(C(=O)O)CCCN1C(=O)c1cc(Br)cnc1Cl. The van der Waals surface area contributed by atoms with Crippen LogP contribution in [0.5, 0.6) is 0 Å². The van der Waals surface area contributed by atoms with Gasteiger partial charge in [-0.15, -0.1) is 0 Å². The first-order valence-electron chi connectivity index (χ1n) is 6.29. The number of nitrogens with zero attached hydrogens (tertiary/aromatic N) is 2. The number of carbonyl (C=O) groups is 2. The molecule has 2 rings (SSSR count). The van der Waals surface area contributed by atoms with E-state index in [1.165, 1.54) is 11.1 Å². The maximum Gasteiger partial charge on any atom is 0.329 e. The molecule has 1 aliphatic rings. The van der Waals surface area contributed by atoms with Crippen LogP contribution >= 0.6 is 27.5 Å². The number of amides is 1. The van der Waals surface area contributed by atoms with Crippen molar-refractivity contribution in [2.45, 2.75) is 31.7 Å². The number of likely N-dealkylation sites (tertiary alicyclic amines) is 1. The summed E-state index contributed by atoms with van der Waals surface area (Å²) in [6, 6.07) is 1.57. The zero-order valence-corrected chi connectivity index (χ0v) is 13.2. The molecular formula is C13H14BrClN2O3. The molecule has 1 saturated heterocycles. The Morgan fingerprint density at radius 1 is 1.60 bits per heavy atom. The Bertz CT molecular complexity index is 567. The second kappa shape index (κ2) is 5.69. The summed E-state index contributed by atoms with van der Waals surface area (Å²) in [6.07, 6.45) is 3.00. The molecule has 1 fully saturated rings. The Labute approximate surface area is 130 Å². The molecule has 0 saturated carbocycles. The molecule has 20 heavy (non-hydrogen) atoms. The van der Waals surface area contributed by atoms with E-state index >= 15 is 0 Å². The van der Waals surface area contributed by atoms with Crippen molar-refractivity contribution in [3.05, 3.63) is 27.5 Å². The van der Waals surface area contributed by atoms with Gasteiger partial charge in [0.1, 0.15) is 10.7 Å². The number of pyridine rings is 1. The summed E-state index contributed by atoms with van der Waals surface area (Å²) >= 11 is 9.20. The number of rotatable bonds is 3. The minimum atomic E-state index is -1.14. The molecule has 1 amide bonds. The number of carboxylic acids is 1. The molecule has 1 aromatic rings. The molecule has 108 valence electrons.